The van der Waals surface area contributed by atoms with Crippen LogP contribution in [0.4, 0.5) is 4.39 Å². The molecule has 2 aromatic rings. The first kappa shape index (κ1) is 15.2. The van der Waals surface area contributed by atoms with Gasteiger partial charge in [-0.2, -0.15) is 0 Å². The molecule has 0 aromatic heterocycles. The maximum atomic E-state index is 13.9. The minimum atomic E-state index is -0.133. The maximum absolute atomic E-state index is 13.9. The molecular formula is C19H21FN2S. The minimum Gasteiger partial charge on any atom is -0.314 e. The van der Waals surface area contributed by atoms with Crippen molar-refractivity contribution in [3.63, 3.8) is 0 Å². The van der Waals surface area contributed by atoms with Crippen LogP contribution in [0.2, 0.25) is 0 Å². The third-order valence-electron chi connectivity index (χ3n) is 4.77. The fourth-order valence-electron chi connectivity index (χ4n) is 3.60. The summed E-state index contributed by atoms with van der Waals surface area (Å²) in [6.07, 6.45) is 0.959. The molecule has 2 aliphatic rings. The average molecular weight is 328 g/mol. The number of benzene rings is 2. The number of hydrogen-bond donors (Lipinski definition) is 1. The van der Waals surface area contributed by atoms with Crippen LogP contribution in [0.15, 0.2) is 46.2 Å². The Morgan fingerprint density at radius 2 is 1.87 bits per heavy atom. The molecule has 0 saturated carbocycles. The summed E-state index contributed by atoms with van der Waals surface area (Å²) in [7, 11) is 0. The number of rotatable bonds is 1. The first-order chi connectivity index (χ1) is 11.2. The number of hydrogen-bond acceptors (Lipinski definition) is 3. The summed E-state index contributed by atoms with van der Waals surface area (Å²) in [4.78, 5) is 5.01. The zero-order valence-corrected chi connectivity index (χ0v) is 14.1. The van der Waals surface area contributed by atoms with Crippen molar-refractivity contribution >= 4 is 11.8 Å². The van der Waals surface area contributed by atoms with Gasteiger partial charge in [0.05, 0.1) is 0 Å². The second-order valence-corrected chi connectivity index (χ2v) is 7.49. The fourth-order valence-corrected chi connectivity index (χ4v) is 4.69. The SMILES string of the molecule is Cc1ccc2c(c1)C[C@@H](N1CCNCC1)c1cc(F)ccc1S2. The quantitative estimate of drug-likeness (QED) is 0.857. The molecule has 0 aliphatic carbocycles. The lowest BCUT2D eigenvalue weighted by atomic mass is 9.96. The second-order valence-electron chi connectivity index (χ2n) is 6.40. The number of nitrogens with zero attached hydrogens (tertiary/aromatic N) is 1. The zero-order chi connectivity index (χ0) is 15.8. The molecule has 0 spiro atoms. The third kappa shape index (κ3) is 3.03. The van der Waals surface area contributed by atoms with Crippen molar-refractivity contribution in [3.8, 4) is 0 Å². The van der Waals surface area contributed by atoms with Crippen LogP contribution in [0, 0.1) is 12.7 Å². The Bertz CT molecular complexity index is 725. The van der Waals surface area contributed by atoms with Gasteiger partial charge in [0.25, 0.3) is 0 Å². The summed E-state index contributed by atoms with van der Waals surface area (Å²) in [5.74, 6) is -0.133. The van der Waals surface area contributed by atoms with Crippen LogP contribution in [-0.2, 0) is 6.42 Å². The lowest BCUT2D eigenvalue weighted by Crippen LogP contribution is -2.45. The molecule has 0 unspecified atom stereocenters. The van der Waals surface area contributed by atoms with Crippen molar-refractivity contribution in [2.75, 3.05) is 26.2 Å². The van der Waals surface area contributed by atoms with Gasteiger partial charge < -0.3 is 5.32 Å². The Balaban J connectivity index is 1.81. The molecular weight excluding hydrogens is 307 g/mol. The molecule has 0 amide bonds. The van der Waals surface area contributed by atoms with Gasteiger partial charge in [-0.25, -0.2) is 4.39 Å². The highest BCUT2D eigenvalue weighted by atomic mass is 32.2. The number of piperazine rings is 1. The highest BCUT2D eigenvalue weighted by Gasteiger charge is 2.28. The highest BCUT2D eigenvalue weighted by Crippen LogP contribution is 2.43. The molecule has 1 atom stereocenters. The predicted molar refractivity (Wildman–Crippen MR) is 92.6 cm³/mol. The van der Waals surface area contributed by atoms with E-state index in [4.69, 9.17) is 0 Å². The largest absolute Gasteiger partial charge is 0.314 e. The standard InChI is InChI=1S/C19H21FN2S/c1-13-2-4-18-14(10-13)11-17(22-8-6-21-7-9-22)16-12-15(20)3-5-19(16)23-18/h2-5,10,12,17,21H,6-9,11H2,1H3/t17-/m1/s1. The van der Waals surface area contributed by atoms with E-state index in [1.54, 1.807) is 23.9 Å². The summed E-state index contributed by atoms with van der Waals surface area (Å²) in [6.45, 7) is 6.20. The average Bonchev–Trinajstić information content (AvgIpc) is 2.72. The number of fused-ring (bicyclic) bond motifs is 2. The topological polar surface area (TPSA) is 15.3 Å². The van der Waals surface area contributed by atoms with Crippen LogP contribution >= 0.6 is 11.8 Å². The Morgan fingerprint density at radius 3 is 2.70 bits per heavy atom. The van der Waals surface area contributed by atoms with E-state index in [0.29, 0.717) is 0 Å². The van der Waals surface area contributed by atoms with Gasteiger partial charge in [0.2, 0.25) is 0 Å². The molecule has 0 radical (unpaired) electrons. The van der Waals surface area contributed by atoms with Crippen molar-refractivity contribution in [2.24, 2.45) is 0 Å². The Kier molecular flexibility index (Phi) is 4.14. The Morgan fingerprint density at radius 1 is 1.09 bits per heavy atom. The predicted octanol–water partition coefficient (Wildman–Crippen LogP) is 3.79. The van der Waals surface area contributed by atoms with Crippen LogP contribution in [0.25, 0.3) is 0 Å². The van der Waals surface area contributed by atoms with Crippen LogP contribution in [0.3, 0.4) is 0 Å². The molecule has 23 heavy (non-hydrogen) atoms. The summed E-state index contributed by atoms with van der Waals surface area (Å²) < 4.78 is 13.9. The van der Waals surface area contributed by atoms with E-state index >= 15 is 0 Å². The molecule has 2 nitrogen and oxygen atoms in total. The van der Waals surface area contributed by atoms with E-state index in [-0.39, 0.29) is 11.9 Å². The highest BCUT2D eigenvalue weighted by molar-refractivity contribution is 7.99. The normalized spacial score (nSPS) is 21.4. The van der Waals surface area contributed by atoms with Crippen molar-refractivity contribution < 1.29 is 4.39 Å². The molecule has 2 heterocycles. The van der Waals surface area contributed by atoms with Gasteiger partial charge in [-0.1, -0.05) is 29.5 Å². The Labute approximate surface area is 141 Å². The van der Waals surface area contributed by atoms with Crippen LogP contribution in [-0.4, -0.2) is 31.1 Å². The van der Waals surface area contributed by atoms with E-state index in [1.807, 2.05) is 6.07 Å². The molecule has 2 aromatic carbocycles. The number of aryl methyl sites for hydroxylation is 1. The molecule has 4 rings (SSSR count). The zero-order valence-electron chi connectivity index (χ0n) is 13.3. The molecule has 0 bridgehead atoms. The first-order valence-electron chi connectivity index (χ1n) is 8.22. The second kappa shape index (κ2) is 6.27. The summed E-state index contributed by atoms with van der Waals surface area (Å²) in [6, 6.07) is 12.2. The summed E-state index contributed by atoms with van der Waals surface area (Å²) >= 11 is 1.78. The molecule has 120 valence electrons. The van der Waals surface area contributed by atoms with Crippen molar-refractivity contribution in [3.05, 3.63) is 58.9 Å². The Hall–Kier alpha value is -1.36. The van der Waals surface area contributed by atoms with Gasteiger partial charge in [0.1, 0.15) is 5.82 Å². The number of halogens is 1. The smallest absolute Gasteiger partial charge is 0.123 e. The van der Waals surface area contributed by atoms with Crippen molar-refractivity contribution in [1.82, 2.24) is 10.2 Å². The van der Waals surface area contributed by atoms with E-state index in [1.165, 1.54) is 20.9 Å². The van der Waals surface area contributed by atoms with Gasteiger partial charge in [-0.05, 0) is 48.7 Å². The maximum Gasteiger partial charge on any atom is 0.123 e. The van der Waals surface area contributed by atoms with Gasteiger partial charge in [-0.3, -0.25) is 4.90 Å². The van der Waals surface area contributed by atoms with E-state index in [2.05, 4.69) is 35.3 Å². The minimum absolute atomic E-state index is 0.133. The van der Waals surface area contributed by atoms with Crippen molar-refractivity contribution in [2.45, 2.75) is 29.2 Å². The van der Waals surface area contributed by atoms with Gasteiger partial charge >= 0.3 is 0 Å². The molecule has 4 heteroatoms. The molecule has 1 N–H and O–H groups in total. The van der Waals surface area contributed by atoms with E-state index in [0.717, 1.165) is 38.2 Å². The molecule has 1 saturated heterocycles. The number of nitrogens with one attached hydrogen (secondary N) is 1. The molecule has 2 aliphatic heterocycles. The summed E-state index contributed by atoms with van der Waals surface area (Å²) in [5, 5.41) is 3.41. The third-order valence-corrected chi connectivity index (χ3v) is 5.98. The van der Waals surface area contributed by atoms with Crippen LogP contribution < -0.4 is 5.32 Å². The van der Waals surface area contributed by atoms with Gasteiger partial charge in [-0.15, -0.1) is 0 Å². The molecule has 1 fully saturated rings. The van der Waals surface area contributed by atoms with Crippen molar-refractivity contribution in [1.29, 1.82) is 0 Å². The van der Waals surface area contributed by atoms with E-state index < -0.39 is 0 Å². The van der Waals surface area contributed by atoms with Crippen LogP contribution in [0.5, 0.6) is 0 Å². The van der Waals surface area contributed by atoms with Gasteiger partial charge in [0, 0.05) is 42.0 Å². The fraction of sp³-hybridized carbons (Fsp3) is 0.368. The lowest BCUT2D eigenvalue weighted by Gasteiger charge is -2.35. The van der Waals surface area contributed by atoms with E-state index in [9.17, 15) is 4.39 Å². The van der Waals surface area contributed by atoms with Gasteiger partial charge in [0.15, 0.2) is 0 Å². The summed E-state index contributed by atoms with van der Waals surface area (Å²) in [5.41, 5.74) is 3.82. The van der Waals surface area contributed by atoms with Crippen LogP contribution in [0.1, 0.15) is 22.7 Å². The monoisotopic (exact) mass is 328 g/mol. The lowest BCUT2D eigenvalue weighted by molar-refractivity contribution is 0.170. The first-order valence-corrected chi connectivity index (χ1v) is 9.04.